The van der Waals surface area contributed by atoms with Crippen molar-refractivity contribution in [3.63, 3.8) is 0 Å². The van der Waals surface area contributed by atoms with Gasteiger partial charge < -0.3 is 10.2 Å². The van der Waals surface area contributed by atoms with Crippen molar-refractivity contribution in [2.75, 3.05) is 25.0 Å². The highest BCUT2D eigenvalue weighted by Crippen LogP contribution is 2.32. The Kier molecular flexibility index (Phi) is 4.96. The summed E-state index contributed by atoms with van der Waals surface area (Å²) in [5.74, 6) is -0.803. The Bertz CT molecular complexity index is 1010. The van der Waals surface area contributed by atoms with Gasteiger partial charge in [-0.3, -0.25) is 14.4 Å². The first kappa shape index (κ1) is 19.3. The minimum absolute atomic E-state index is 0.0900. The largest absolute Gasteiger partial charge is 0.339 e. The molecule has 1 N–H and O–H groups in total. The van der Waals surface area contributed by atoms with Gasteiger partial charge in [-0.2, -0.15) is 0 Å². The molecular formula is C23H25N3O3. The number of piperidine rings is 1. The van der Waals surface area contributed by atoms with Crippen LogP contribution in [0.2, 0.25) is 0 Å². The maximum atomic E-state index is 13.1. The molecule has 0 radical (unpaired) electrons. The second kappa shape index (κ2) is 7.44. The summed E-state index contributed by atoms with van der Waals surface area (Å²) in [5.41, 5.74) is 3.53. The Morgan fingerprint density at radius 1 is 0.966 bits per heavy atom. The van der Waals surface area contributed by atoms with Crippen molar-refractivity contribution in [3.05, 3.63) is 64.2 Å². The van der Waals surface area contributed by atoms with Crippen LogP contribution < -0.4 is 10.2 Å². The highest BCUT2D eigenvalue weighted by molar-refractivity contribution is 6.35. The van der Waals surface area contributed by atoms with Crippen molar-refractivity contribution < 1.29 is 14.4 Å². The van der Waals surface area contributed by atoms with Crippen LogP contribution in [0, 0.1) is 13.8 Å². The molecule has 0 spiro atoms. The number of fused-ring (bicyclic) bond motifs is 1. The molecule has 3 amide bonds. The lowest BCUT2D eigenvalue weighted by atomic mass is 10.0. The fourth-order valence-electron chi connectivity index (χ4n) is 4.11. The quantitative estimate of drug-likeness (QED) is 0.817. The van der Waals surface area contributed by atoms with E-state index >= 15 is 0 Å². The van der Waals surface area contributed by atoms with Crippen molar-refractivity contribution in [3.8, 4) is 0 Å². The van der Waals surface area contributed by atoms with Gasteiger partial charge in [0.2, 0.25) is 0 Å². The summed E-state index contributed by atoms with van der Waals surface area (Å²) in [4.78, 5) is 42.0. The fraction of sp³-hybridized carbons (Fsp3) is 0.348. The van der Waals surface area contributed by atoms with Crippen LogP contribution in [-0.2, 0) is 0 Å². The summed E-state index contributed by atoms with van der Waals surface area (Å²) >= 11 is 0. The maximum absolute atomic E-state index is 13.1. The van der Waals surface area contributed by atoms with Gasteiger partial charge in [-0.05, 0) is 69.1 Å². The molecule has 0 unspecified atom stereocenters. The van der Waals surface area contributed by atoms with Crippen molar-refractivity contribution in [1.82, 2.24) is 10.2 Å². The number of nitrogens with zero attached hydrogens (tertiary/aromatic N) is 2. The molecule has 2 aliphatic rings. The number of nitrogens with one attached hydrogen (secondary N) is 1. The number of benzene rings is 2. The van der Waals surface area contributed by atoms with Crippen molar-refractivity contribution in [1.29, 1.82) is 0 Å². The van der Waals surface area contributed by atoms with E-state index in [4.69, 9.17) is 0 Å². The molecule has 29 heavy (non-hydrogen) atoms. The van der Waals surface area contributed by atoms with Gasteiger partial charge in [-0.1, -0.05) is 12.1 Å². The van der Waals surface area contributed by atoms with Gasteiger partial charge in [0.1, 0.15) is 0 Å². The molecule has 0 atom stereocenters. The summed E-state index contributed by atoms with van der Waals surface area (Å²) in [7, 11) is 1.94. The van der Waals surface area contributed by atoms with E-state index in [2.05, 4.69) is 5.32 Å². The topological polar surface area (TPSA) is 69.7 Å². The van der Waals surface area contributed by atoms with Gasteiger partial charge in [-0.15, -0.1) is 0 Å². The Labute approximate surface area is 170 Å². The van der Waals surface area contributed by atoms with Crippen LogP contribution in [0.15, 0.2) is 36.4 Å². The third-order valence-corrected chi connectivity index (χ3v) is 5.93. The monoisotopic (exact) mass is 391 g/mol. The molecular weight excluding hydrogens is 366 g/mol. The highest BCUT2D eigenvalue weighted by atomic mass is 16.2. The van der Waals surface area contributed by atoms with Gasteiger partial charge in [-0.25, -0.2) is 4.90 Å². The number of imide groups is 1. The first-order valence-electron chi connectivity index (χ1n) is 9.97. The molecule has 4 rings (SSSR count). The van der Waals surface area contributed by atoms with E-state index < -0.39 is 0 Å². The zero-order valence-corrected chi connectivity index (χ0v) is 17.0. The third-order valence-electron chi connectivity index (χ3n) is 5.93. The van der Waals surface area contributed by atoms with Gasteiger partial charge in [0, 0.05) is 24.7 Å². The first-order valence-corrected chi connectivity index (χ1v) is 9.97. The van der Waals surface area contributed by atoms with Crippen LogP contribution in [0.3, 0.4) is 0 Å². The normalized spacial score (nSPS) is 17.1. The van der Waals surface area contributed by atoms with Crippen LogP contribution in [0.25, 0.3) is 0 Å². The van der Waals surface area contributed by atoms with E-state index in [1.54, 1.807) is 18.2 Å². The Morgan fingerprint density at radius 2 is 1.66 bits per heavy atom. The fourth-order valence-corrected chi connectivity index (χ4v) is 4.11. The number of carbonyl (C=O) groups excluding carboxylic acids is 3. The Hall–Kier alpha value is -2.99. The number of rotatable bonds is 3. The second-order valence-electron chi connectivity index (χ2n) is 7.85. The standard InChI is InChI=1S/C23H25N3O3/c1-14-4-5-15(2)20(12-14)26-22(28)18-7-6-16(13-19(18)23(26)29)21(27)25-10-8-17(24-3)9-11-25/h4-7,12-13,17,24H,8-11H2,1-3H3. The smallest absolute Gasteiger partial charge is 0.266 e. The lowest BCUT2D eigenvalue weighted by Gasteiger charge is -2.31. The summed E-state index contributed by atoms with van der Waals surface area (Å²) < 4.78 is 0. The molecule has 2 aromatic carbocycles. The minimum Gasteiger partial charge on any atom is -0.339 e. The summed E-state index contributed by atoms with van der Waals surface area (Å²) in [6, 6.07) is 11.0. The predicted octanol–water partition coefficient (Wildman–Crippen LogP) is 2.93. The zero-order valence-electron chi connectivity index (χ0n) is 17.0. The van der Waals surface area contributed by atoms with Crippen LogP contribution in [0.1, 0.15) is 55.0 Å². The number of likely N-dealkylation sites (tertiary alicyclic amines) is 1. The number of anilines is 1. The zero-order chi connectivity index (χ0) is 20.7. The summed E-state index contributed by atoms with van der Waals surface area (Å²) in [5, 5.41) is 3.25. The number of hydrogen-bond donors (Lipinski definition) is 1. The van der Waals surface area contributed by atoms with Gasteiger partial charge >= 0.3 is 0 Å². The molecule has 1 fully saturated rings. The van der Waals surface area contributed by atoms with Crippen molar-refractivity contribution in [2.45, 2.75) is 32.7 Å². The maximum Gasteiger partial charge on any atom is 0.266 e. The van der Waals surface area contributed by atoms with Crippen LogP contribution in [-0.4, -0.2) is 48.8 Å². The molecule has 0 saturated carbocycles. The Balaban J connectivity index is 1.62. The van der Waals surface area contributed by atoms with Crippen LogP contribution in [0.4, 0.5) is 5.69 Å². The molecule has 2 heterocycles. The van der Waals surface area contributed by atoms with Crippen LogP contribution >= 0.6 is 0 Å². The lowest BCUT2D eigenvalue weighted by molar-refractivity contribution is 0.0707. The molecule has 0 aliphatic carbocycles. The van der Waals surface area contributed by atoms with E-state index in [1.165, 1.54) is 4.90 Å². The van der Waals surface area contributed by atoms with Gasteiger partial charge in [0.25, 0.3) is 17.7 Å². The minimum atomic E-state index is -0.373. The molecule has 2 aliphatic heterocycles. The lowest BCUT2D eigenvalue weighted by Crippen LogP contribution is -2.44. The number of carbonyl (C=O) groups is 3. The predicted molar refractivity (Wildman–Crippen MR) is 111 cm³/mol. The van der Waals surface area contributed by atoms with Gasteiger partial charge in [0.15, 0.2) is 0 Å². The van der Waals surface area contributed by atoms with Crippen molar-refractivity contribution >= 4 is 23.4 Å². The summed E-state index contributed by atoms with van der Waals surface area (Å²) in [6.07, 6.45) is 1.82. The number of hydrogen-bond acceptors (Lipinski definition) is 4. The SMILES string of the molecule is CNC1CCN(C(=O)c2ccc3c(c2)C(=O)N(c2cc(C)ccc2C)C3=O)CC1. The van der Waals surface area contributed by atoms with Crippen LogP contribution in [0.5, 0.6) is 0 Å². The number of aryl methyl sites for hydroxylation is 2. The Morgan fingerprint density at radius 3 is 2.34 bits per heavy atom. The summed E-state index contributed by atoms with van der Waals surface area (Å²) in [6.45, 7) is 5.17. The highest BCUT2D eigenvalue weighted by Gasteiger charge is 2.38. The second-order valence-corrected chi connectivity index (χ2v) is 7.85. The van der Waals surface area contributed by atoms with E-state index in [1.807, 2.05) is 44.0 Å². The molecule has 6 nitrogen and oxygen atoms in total. The van der Waals surface area contributed by atoms with Gasteiger partial charge in [0.05, 0.1) is 16.8 Å². The first-order chi connectivity index (χ1) is 13.9. The molecule has 2 aromatic rings. The van der Waals surface area contributed by atoms with Crippen molar-refractivity contribution in [2.24, 2.45) is 0 Å². The average molecular weight is 391 g/mol. The molecule has 1 saturated heterocycles. The molecule has 0 bridgehead atoms. The van der Waals surface area contributed by atoms with E-state index in [0.717, 1.165) is 24.0 Å². The number of amides is 3. The van der Waals surface area contributed by atoms with E-state index in [0.29, 0.717) is 41.5 Å². The van der Waals surface area contributed by atoms with E-state index in [9.17, 15) is 14.4 Å². The van der Waals surface area contributed by atoms with E-state index in [-0.39, 0.29) is 17.7 Å². The molecule has 150 valence electrons. The molecule has 6 heteroatoms. The average Bonchev–Trinajstić information content (AvgIpc) is 2.99. The third kappa shape index (κ3) is 3.34. The molecule has 0 aromatic heterocycles.